The normalized spacial score (nSPS) is 11.7. The number of pyridine rings is 1. The first kappa shape index (κ1) is 16.6. The van der Waals surface area contributed by atoms with E-state index < -0.39 is 0 Å². The Morgan fingerprint density at radius 3 is 2.50 bits per heavy atom. The van der Waals surface area contributed by atoms with Gasteiger partial charge in [-0.3, -0.25) is 0 Å². The first-order valence-electron chi connectivity index (χ1n) is 6.94. The monoisotopic (exact) mass is 282 g/mol. The summed E-state index contributed by atoms with van der Waals surface area (Å²) in [5.74, 6) is 1.42. The van der Waals surface area contributed by atoms with E-state index in [0.29, 0.717) is 36.6 Å². The molecular formula is C15H26N2O3. The number of nitrogens with two attached hydrogens (primary N) is 1. The lowest BCUT2D eigenvalue weighted by molar-refractivity contribution is 0.0795. The summed E-state index contributed by atoms with van der Waals surface area (Å²) in [6.45, 7) is 11.8. The van der Waals surface area contributed by atoms with E-state index in [-0.39, 0.29) is 5.60 Å². The lowest BCUT2D eigenvalue weighted by Crippen LogP contribution is -2.24. The number of ether oxygens (including phenoxy) is 3. The molecule has 1 heterocycles. The Morgan fingerprint density at radius 2 is 1.90 bits per heavy atom. The minimum Gasteiger partial charge on any atom is -0.475 e. The van der Waals surface area contributed by atoms with Gasteiger partial charge >= 0.3 is 0 Å². The van der Waals surface area contributed by atoms with Crippen LogP contribution >= 0.6 is 0 Å². The molecule has 114 valence electrons. The van der Waals surface area contributed by atoms with Gasteiger partial charge in [-0.15, -0.1) is 0 Å². The van der Waals surface area contributed by atoms with Crippen LogP contribution in [-0.2, 0) is 4.74 Å². The molecule has 0 unspecified atom stereocenters. The largest absolute Gasteiger partial charge is 0.475 e. The Balaban J connectivity index is 2.49. The molecule has 5 nitrogen and oxygen atoms in total. The fourth-order valence-corrected chi connectivity index (χ4v) is 1.41. The number of nitrogens with zero attached hydrogens (tertiary/aromatic N) is 1. The topological polar surface area (TPSA) is 66.6 Å². The van der Waals surface area contributed by atoms with E-state index in [4.69, 9.17) is 19.9 Å². The molecule has 0 spiro atoms. The van der Waals surface area contributed by atoms with Crippen LogP contribution in [0.25, 0.3) is 0 Å². The molecule has 1 aromatic heterocycles. The van der Waals surface area contributed by atoms with E-state index in [1.165, 1.54) is 0 Å². The molecule has 5 heteroatoms. The third kappa shape index (κ3) is 6.61. The van der Waals surface area contributed by atoms with E-state index >= 15 is 0 Å². The van der Waals surface area contributed by atoms with Crippen LogP contribution < -0.4 is 15.2 Å². The predicted octanol–water partition coefficient (Wildman–Crippen LogP) is 2.89. The summed E-state index contributed by atoms with van der Waals surface area (Å²) in [5.41, 5.74) is 5.99. The zero-order valence-corrected chi connectivity index (χ0v) is 13.1. The van der Waals surface area contributed by atoms with Crippen LogP contribution in [0.15, 0.2) is 12.1 Å². The smallest absolute Gasteiger partial charge is 0.241 e. The quantitative estimate of drug-likeness (QED) is 0.779. The lowest BCUT2D eigenvalue weighted by Gasteiger charge is -2.21. The summed E-state index contributed by atoms with van der Waals surface area (Å²) < 4.78 is 16.7. The van der Waals surface area contributed by atoms with Crippen LogP contribution in [0.2, 0.25) is 0 Å². The second kappa shape index (κ2) is 7.33. The van der Waals surface area contributed by atoms with Crippen LogP contribution in [0.1, 0.15) is 34.6 Å². The van der Waals surface area contributed by atoms with Gasteiger partial charge in [-0.25, -0.2) is 0 Å². The van der Waals surface area contributed by atoms with Gasteiger partial charge in [0.25, 0.3) is 0 Å². The van der Waals surface area contributed by atoms with Crippen LogP contribution in [0, 0.1) is 5.92 Å². The Bertz CT molecular complexity index is 414. The third-order valence-electron chi connectivity index (χ3n) is 2.20. The number of nitrogen functional groups attached to an aromatic ring is 1. The molecule has 0 aliphatic heterocycles. The van der Waals surface area contributed by atoms with Crippen molar-refractivity contribution in [1.29, 1.82) is 0 Å². The lowest BCUT2D eigenvalue weighted by atomic mass is 10.2. The highest BCUT2D eigenvalue weighted by Crippen LogP contribution is 2.25. The van der Waals surface area contributed by atoms with Crippen molar-refractivity contribution >= 4 is 5.69 Å². The minimum absolute atomic E-state index is 0.347. The van der Waals surface area contributed by atoms with Gasteiger partial charge in [0.05, 0.1) is 12.3 Å². The summed E-state index contributed by atoms with van der Waals surface area (Å²) in [6.07, 6.45) is 0. The van der Waals surface area contributed by atoms with E-state index in [0.717, 1.165) is 6.61 Å². The Hall–Kier alpha value is -1.49. The maximum Gasteiger partial charge on any atom is 0.241 e. The van der Waals surface area contributed by atoms with Crippen molar-refractivity contribution in [2.24, 2.45) is 5.92 Å². The number of rotatable bonds is 7. The summed E-state index contributed by atoms with van der Waals surface area (Å²) in [6, 6.07) is 3.46. The molecule has 0 bridgehead atoms. The van der Waals surface area contributed by atoms with Crippen molar-refractivity contribution < 1.29 is 14.2 Å². The van der Waals surface area contributed by atoms with Gasteiger partial charge < -0.3 is 19.9 Å². The molecule has 0 aromatic carbocycles. The first-order chi connectivity index (χ1) is 9.28. The van der Waals surface area contributed by atoms with Gasteiger partial charge in [-0.05, 0) is 32.8 Å². The van der Waals surface area contributed by atoms with Crippen LogP contribution in [0.3, 0.4) is 0 Å². The summed E-state index contributed by atoms with van der Waals surface area (Å²) in [7, 11) is 0. The molecule has 0 atom stereocenters. The van der Waals surface area contributed by atoms with Gasteiger partial charge in [0, 0.05) is 12.7 Å². The molecule has 0 saturated heterocycles. The maximum atomic E-state index is 5.84. The molecule has 1 aromatic rings. The highest BCUT2D eigenvalue weighted by Gasteiger charge is 2.15. The highest BCUT2D eigenvalue weighted by molar-refractivity contribution is 5.49. The van der Waals surface area contributed by atoms with E-state index in [2.05, 4.69) is 18.8 Å². The molecule has 2 N–H and O–H groups in total. The van der Waals surface area contributed by atoms with Crippen LogP contribution in [-0.4, -0.2) is 30.4 Å². The SMILES string of the molecule is CC(C)COCCOc1ccc(N)c(OC(C)(C)C)n1. The van der Waals surface area contributed by atoms with Crippen LogP contribution in [0.5, 0.6) is 11.8 Å². The van der Waals surface area contributed by atoms with Gasteiger partial charge in [0.15, 0.2) is 0 Å². The third-order valence-corrected chi connectivity index (χ3v) is 2.20. The van der Waals surface area contributed by atoms with E-state index in [1.807, 2.05) is 20.8 Å². The van der Waals surface area contributed by atoms with Crippen molar-refractivity contribution in [2.75, 3.05) is 25.6 Å². The zero-order valence-electron chi connectivity index (χ0n) is 13.1. The highest BCUT2D eigenvalue weighted by atomic mass is 16.5. The second-order valence-corrected chi connectivity index (χ2v) is 6.08. The fraction of sp³-hybridized carbons (Fsp3) is 0.667. The van der Waals surface area contributed by atoms with E-state index in [9.17, 15) is 0 Å². The Labute approximate surface area is 121 Å². The van der Waals surface area contributed by atoms with Crippen LogP contribution in [0.4, 0.5) is 5.69 Å². The minimum atomic E-state index is -0.347. The van der Waals surface area contributed by atoms with Crippen molar-refractivity contribution in [2.45, 2.75) is 40.2 Å². The van der Waals surface area contributed by atoms with Crippen molar-refractivity contribution in [3.05, 3.63) is 12.1 Å². The molecule has 0 amide bonds. The summed E-state index contributed by atoms with van der Waals surface area (Å²) in [5, 5.41) is 0. The summed E-state index contributed by atoms with van der Waals surface area (Å²) >= 11 is 0. The Kier molecular flexibility index (Phi) is 6.07. The predicted molar refractivity (Wildman–Crippen MR) is 80.2 cm³/mol. The summed E-state index contributed by atoms with van der Waals surface area (Å²) in [4.78, 5) is 4.27. The molecule has 0 aliphatic rings. The van der Waals surface area contributed by atoms with Gasteiger partial charge in [-0.1, -0.05) is 13.8 Å². The average Bonchev–Trinajstić information content (AvgIpc) is 2.30. The molecule has 0 radical (unpaired) electrons. The number of hydrogen-bond acceptors (Lipinski definition) is 5. The first-order valence-corrected chi connectivity index (χ1v) is 6.94. The van der Waals surface area contributed by atoms with Crippen molar-refractivity contribution in [3.8, 4) is 11.8 Å². The maximum absolute atomic E-state index is 5.84. The standard InChI is InChI=1S/C15H26N2O3/c1-11(2)10-18-8-9-19-13-7-6-12(16)14(17-13)20-15(3,4)5/h6-7,11H,8-10,16H2,1-5H3. The van der Waals surface area contributed by atoms with Crippen molar-refractivity contribution in [1.82, 2.24) is 4.98 Å². The number of anilines is 1. The van der Waals surface area contributed by atoms with Gasteiger partial charge in [0.2, 0.25) is 11.8 Å². The van der Waals surface area contributed by atoms with E-state index in [1.54, 1.807) is 12.1 Å². The molecule has 0 saturated carbocycles. The number of hydrogen-bond donors (Lipinski definition) is 1. The van der Waals surface area contributed by atoms with Gasteiger partial charge in [-0.2, -0.15) is 4.98 Å². The molecular weight excluding hydrogens is 256 g/mol. The average molecular weight is 282 g/mol. The zero-order chi connectivity index (χ0) is 15.2. The second-order valence-electron chi connectivity index (χ2n) is 6.08. The molecule has 0 aliphatic carbocycles. The molecule has 20 heavy (non-hydrogen) atoms. The Morgan fingerprint density at radius 1 is 1.20 bits per heavy atom. The number of aromatic nitrogens is 1. The van der Waals surface area contributed by atoms with Crippen molar-refractivity contribution in [3.63, 3.8) is 0 Å². The van der Waals surface area contributed by atoms with Gasteiger partial charge in [0.1, 0.15) is 12.2 Å². The molecule has 1 rings (SSSR count). The molecule has 0 fully saturated rings. The fourth-order valence-electron chi connectivity index (χ4n) is 1.41.